The van der Waals surface area contributed by atoms with Gasteiger partial charge in [-0.2, -0.15) is 13.2 Å². The summed E-state index contributed by atoms with van der Waals surface area (Å²) >= 11 is 0. The number of ether oxygens (including phenoxy) is 2. The van der Waals surface area contributed by atoms with Crippen LogP contribution in [-0.4, -0.2) is 29.6 Å². The van der Waals surface area contributed by atoms with Gasteiger partial charge in [-0.05, 0) is 6.07 Å². The molecule has 1 unspecified atom stereocenters. The second-order valence-corrected chi connectivity index (χ2v) is 3.88. The molecule has 1 aromatic heterocycles. The van der Waals surface area contributed by atoms with Crippen molar-refractivity contribution in [1.82, 2.24) is 4.98 Å². The molecule has 0 spiro atoms. The molecular formula is C11H12F3NO3. The van der Waals surface area contributed by atoms with Crippen LogP contribution in [0.3, 0.4) is 0 Å². The summed E-state index contributed by atoms with van der Waals surface area (Å²) in [6.45, 7) is 0.771. The molecule has 1 aliphatic rings. The third-order valence-corrected chi connectivity index (χ3v) is 2.62. The maximum absolute atomic E-state index is 12.7. The summed E-state index contributed by atoms with van der Waals surface area (Å²) in [6.07, 6.45) is -4.49. The topological polar surface area (TPSA) is 51.6 Å². The van der Waals surface area contributed by atoms with E-state index in [0.717, 1.165) is 18.5 Å². The number of halogens is 3. The Kier molecular flexibility index (Phi) is 3.84. The molecule has 0 bridgehead atoms. The predicted octanol–water partition coefficient (Wildman–Crippen LogP) is 1.90. The van der Waals surface area contributed by atoms with Gasteiger partial charge in [0.1, 0.15) is 0 Å². The van der Waals surface area contributed by atoms with Crippen LogP contribution < -0.4 is 0 Å². The van der Waals surface area contributed by atoms with Crippen LogP contribution in [0.15, 0.2) is 18.5 Å². The van der Waals surface area contributed by atoms with E-state index < -0.39 is 24.1 Å². The lowest BCUT2D eigenvalue weighted by molar-refractivity contribution is -0.140. The molecule has 2 heterocycles. The molecule has 7 heteroatoms. The van der Waals surface area contributed by atoms with Crippen molar-refractivity contribution in [1.29, 1.82) is 0 Å². The average Bonchev–Trinajstić information content (AvgIpc) is 2.80. The van der Waals surface area contributed by atoms with Crippen molar-refractivity contribution in [3.8, 4) is 0 Å². The summed E-state index contributed by atoms with van der Waals surface area (Å²) in [5, 5.41) is 9.83. The lowest BCUT2D eigenvalue weighted by Crippen LogP contribution is -2.17. The quantitative estimate of drug-likeness (QED) is 0.904. The minimum absolute atomic E-state index is 0.0469. The highest BCUT2D eigenvalue weighted by atomic mass is 19.4. The average molecular weight is 263 g/mol. The zero-order valence-electron chi connectivity index (χ0n) is 9.35. The maximum atomic E-state index is 12.7. The molecule has 1 saturated heterocycles. The molecule has 0 saturated carbocycles. The van der Waals surface area contributed by atoms with E-state index in [1.54, 1.807) is 0 Å². The lowest BCUT2D eigenvalue weighted by atomic mass is 10.0. The van der Waals surface area contributed by atoms with E-state index in [9.17, 15) is 18.3 Å². The number of aliphatic hydroxyl groups is 1. The molecule has 1 aromatic rings. The van der Waals surface area contributed by atoms with E-state index in [0.29, 0.717) is 13.2 Å². The van der Waals surface area contributed by atoms with E-state index in [-0.39, 0.29) is 12.0 Å². The van der Waals surface area contributed by atoms with Crippen molar-refractivity contribution in [2.75, 3.05) is 13.2 Å². The zero-order chi connectivity index (χ0) is 13.2. The Morgan fingerprint density at radius 2 is 2.06 bits per heavy atom. The Hall–Kier alpha value is -1.18. The monoisotopic (exact) mass is 263 g/mol. The highest BCUT2D eigenvalue weighted by molar-refractivity contribution is 5.28. The molecule has 0 amide bonds. The van der Waals surface area contributed by atoms with Crippen LogP contribution in [0.4, 0.5) is 13.2 Å². The van der Waals surface area contributed by atoms with Gasteiger partial charge in [-0.15, -0.1) is 0 Å². The summed E-state index contributed by atoms with van der Waals surface area (Å²) in [7, 11) is 0. The summed E-state index contributed by atoms with van der Waals surface area (Å²) in [5.41, 5.74) is -1.15. The Bertz CT molecular complexity index is 405. The first-order valence-electron chi connectivity index (χ1n) is 5.41. The van der Waals surface area contributed by atoms with Gasteiger partial charge >= 0.3 is 6.18 Å². The first-order valence-corrected chi connectivity index (χ1v) is 5.41. The van der Waals surface area contributed by atoms with E-state index >= 15 is 0 Å². The minimum atomic E-state index is -4.52. The van der Waals surface area contributed by atoms with E-state index in [1.165, 1.54) is 0 Å². The van der Waals surface area contributed by atoms with Crippen LogP contribution in [0.2, 0.25) is 0 Å². The molecule has 0 aromatic carbocycles. The van der Waals surface area contributed by atoms with Crippen molar-refractivity contribution in [2.24, 2.45) is 0 Å². The smallest absolute Gasteiger partial charge is 0.388 e. The van der Waals surface area contributed by atoms with Crippen LogP contribution in [-0.2, 0) is 15.7 Å². The Morgan fingerprint density at radius 3 is 2.67 bits per heavy atom. The van der Waals surface area contributed by atoms with Crippen LogP contribution in [0.5, 0.6) is 0 Å². The van der Waals surface area contributed by atoms with Crippen molar-refractivity contribution in [3.63, 3.8) is 0 Å². The van der Waals surface area contributed by atoms with Crippen molar-refractivity contribution < 1.29 is 27.8 Å². The number of nitrogens with zero attached hydrogens (tertiary/aromatic N) is 1. The van der Waals surface area contributed by atoms with Crippen LogP contribution in [0, 0.1) is 0 Å². The Labute approximate surface area is 101 Å². The zero-order valence-corrected chi connectivity index (χ0v) is 9.35. The lowest BCUT2D eigenvalue weighted by Gasteiger charge is -2.18. The van der Waals surface area contributed by atoms with Gasteiger partial charge in [-0.1, -0.05) is 0 Å². The molecular weight excluding hydrogens is 251 g/mol. The normalized spacial score (nSPS) is 19.1. The van der Waals surface area contributed by atoms with Crippen molar-refractivity contribution in [3.05, 3.63) is 29.6 Å². The summed E-state index contributed by atoms with van der Waals surface area (Å²) in [6, 6.07) is 0.842. The molecule has 4 nitrogen and oxygen atoms in total. The van der Waals surface area contributed by atoms with Crippen LogP contribution >= 0.6 is 0 Å². The van der Waals surface area contributed by atoms with E-state index in [4.69, 9.17) is 9.47 Å². The second kappa shape index (κ2) is 5.21. The molecule has 2 rings (SSSR count). The number of aromatic nitrogens is 1. The van der Waals surface area contributed by atoms with Gasteiger partial charge in [0.05, 0.1) is 24.9 Å². The molecule has 1 atom stereocenters. The Morgan fingerprint density at radius 1 is 1.39 bits per heavy atom. The summed E-state index contributed by atoms with van der Waals surface area (Å²) < 4.78 is 48.3. The van der Waals surface area contributed by atoms with Gasteiger partial charge in [0.25, 0.3) is 0 Å². The molecule has 18 heavy (non-hydrogen) atoms. The van der Waals surface area contributed by atoms with E-state index in [1.807, 2.05) is 0 Å². The SMILES string of the molecule is OC(CC1OCCO1)c1cnccc1C(F)(F)F. The van der Waals surface area contributed by atoms with E-state index in [2.05, 4.69) is 4.98 Å². The van der Waals surface area contributed by atoms with Crippen molar-refractivity contribution in [2.45, 2.75) is 25.0 Å². The number of hydrogen-bond acceptors (Lipinski definition) is 4. The standard InChI is InChI=1S/C11H12F3NO3/c12-11(13,14)8-1-2-15-6-7(8)9(16)5-10-17-3-4-18-10/h1-2,6,9-10,16H,3-5H2. The van der Waals surface area contributed by atoms with Crippen molar-refractivity contribution >= 4 is 0 Å². The second-order valence-electron chi connectivity index (χ2n) is 3.88. The number of pyridine rings is 1. The third kappa shape index (κ3) is 2.98. The summed E-state index contributed by atoms with van der Waals surface area (Å²) in [4.78, 5) is 3.61. The maximum Gasteiger partial charge on any atom is 0.416 e. The molecule has 1 fully saturated rings. The minimum Gasteiger partial charge on any atom is -0.388 e. The molecule has 1 N–H and O–H groups in total. The van der Waals surface area contributed by atoms with Gasteiger partial charge in [-0.25, -0.2) is 0 Å². The number of alkyl halides is 3. The largest absolute Gasteiger partial charge is 0.416 e. The first kappa shape index (κ1) is 13.3. The third-order valence-electron chi connectivity index (χ3n) is 2.62. The Balaban J connectivity index is 2.16. The number of aliphatic hydroxyl groups excluding tert-OH is 1. The van der Waals surface area contributed by atoms with Crippen LogP contribution in [0.25, 0.3) is 0 Å². The fraction of sp³-hybridized carbons (Fsp3) is 0.545. The summed E-state index contributed by atoms with van der Waals surface area (Å²) in [5.74, 6) is 0. The fourth-order valence-corrected chi connectivity index (χ4v) is 1.78. The fourth-order valence-electron chi connectivity index (χ4n) is 1.78. The van der Waals surface area contributed by atoms with Gasteiger partial charge in [-0.3, -0.25) is 4.98 Å². The highest BCUT2D eigenvalue weighted by Gasteiger charge is 2.35. The van der Waals surface area contributed by atoms with Crippen LogP contribution in [0.1, 0.15) is 23.7 Å². The highest BCUT2D eigenvalue weighted by Crippen LogP contribution is 2.35. The van der Waals surface area contributed by atoms with Gasteiger partial charge in [0.2, 0.25) is 0 Å². The number of hydrogen-bond donors (Lipinski definition) is 1. The van der Waals surface area contributed by atoms with Gasteiger partial charge in [0, 0.05) is 24.4 Å². The predicted molar refractivity (Wildman–Crippen MR) is 54.5 cm³/mol. The molecule has 0 aliphatic carbocycles. The number of rotatable bonds is 3. The molecule has 1 aliphatic heterocycles. The molecule has 100 valence electrons. The first-order chi connectivity index (χ1) is 8.48. The molecule has 0 radical (unpaired) electrons. The van der Waals surface area contributed by atoms with Gasteiger partial charge < -0.3 is 14.6 Å². The van der Waals surface area contributed by atoms with Gasteiger partial charge in [0.15, 0.2) is 6.29 Å².